The summed E-state index contributed by atoms with van der Waals surface area (Å²) in [5, 5.41) is 12.4. The number of hydrogen-bond donors (Lipinski definition) is 1. The summed E-state index contributed by atoms with van der Waals surface area (Å²) >= 11 is 1.29. The van der Waals surface area contributed by atoms with Crippen molar-refractivity contribution in [2.75, 3.05) is 6.54 Å². The molecule has 5 aromatic rings. The molecule has 1 saturated heterocycles. The third-order valence-electron chi connectivity index (χ3n) is 7.11. The van der Waals surface area contributed by atoms with E-state index < -0.39 is 22.8 Å². The monoisotopic (exact) mass is 512 g/mol. The highest BCUT2D eigenvalue weighted by Crippen LogP contribution is 2.36. The van der Waals surface area contributed by atoms with Gasteiger partial charge in [-0.1, -0.05) is 72.0 Å². The van der Waals surface area contributed by atoms with Gasteiger partial charge in [0.2, 0.25) is 5.91 Å². The largest absolute Gasteiger partial charge is 0.354 e. The number of aromatic nitrogens is 5. The molecule has 4 heterocycles. The van der Waals surface area contributed by atoms with Crippen LogP contribution in [0.5, 0.6) is 0 Å². The van der Waals surface area contributed by atoms with E-state index >= 15 is 0 Å². The second kappa shape index (κ2) is 8.67. The molecule has 3 aromatic heterocycles. The van der Waals surface area contributed by atoms with E-state index in [0.717, 1.165) is 15.7 Å². The minimum absolute atomic E-state index is 0.338. The lowest BCUT2D eigenvalue weighted by atomic mass is 9.97. The SMILES string of the molecule is Cc1c(-n2nccn2)sc2c1c(=O)n([C@]1(C)CCNC1=O)c(=O)n2C(c1ccccc1)c1ccccc1. The number of fused-ring (bicyclic) bond motifs is 1. The number of carbonyl (C=O) groups excluding carboxylic acids is 1. The topological polar surface area (TPSA) is 104 Å². The average Bonchev–Trinajstić information content (AvgIpc) is 3.63. The Morgan fingerprint density at radius 2 is 1.54 bits per heavy atom. The number of carbonyl (C=O) groups is 1. The zero-order chi connectivity index (χ0) is 25.7. The normalized spacial score (nSPS) is 17.5. The summed E-state index contributed by atoms with van der Waals surface area (Å²) in [6.45, 7) is 3.88. The van der Waals surface area contributed by atoms with Gasteiger partial charge in [0.05, 0.1) is 23.8 Å². The van der Waals surface area contributed by atoms with E-state index in [-0.39, 0.29) is 5.91 Å². The number of aryl methyl sites for hydroxylation is 1. The third kappa shape index (κ3) is 3.47. The van der Waals surface area contributed by atoms with Gasteiger partial charge in [0, 0.05) is 12.1 Å². The number of rotatable bonds is 5. The maximum atomic E-state index is 14.5. The fourth-order valence-electron chi connectivity index (χ4n) is 5.17. The molecule has 1 fully saturated rings. The Morgan fingerprint density at radius 3 is 2.08 bits per heavy atom. The van der Waals surface area contributed by atoms with Crippen LogP contribution in [-0.4, -0.2) is 36.6 Å². The maximum absolute atomic E-state index is 14.5. The molecule has 0 bridgehead atoms. The minimum Gasteiger partial charge on any atom is -0.354 e. The van der Waals surface area contributed by atoms with Crippen molar-refractivity contribution in [3.05, 3.63) is 111 Å². The van der Waals surface area contributed by atoms with E-state index in [1.54, 1.807) is 23.9 Å². The zero-order valence-corrected chi connectivity index (χ0v) is 21.1. The first-order chi connectivity index (χ1) is 17.9. The predicted molar refractivity (Wildman–Crippen MR) is 141 cm³/mol. The molecule has 2 aromatic carbocycles. The number of thiophene rings is 1. The fraction of sp³-hybridized carbons (Fsp3) is 0.222. The Labute approximate surface area is 215 Å². The van der Waals surface area contributed by atoms with E-state index in [9.17, 15) is 14.4 Å². The fourth-order valence-corrected chi connectivity index (χ4v) is 6.41. The predicted octanol–water partition coefficient (Wildman–Crippen LogP) is 2.99. The summed E-state index contributed by atoms with van der Waals surface area (Å²) in [5.74, 6) is -0.338. The molecule has 186 valence electrons. The maximum Gasteiger partial charge on any atom is 0.333 e. The first-order valence-electron chi connectivity index (χ1n) is 12.0. The van der Waals surface area contributed by atoms with Crippen molar-refractivity contribution in [2.45, 2.75) is 31.8 Å². The highest BCUT2D eigenvalue weighted by molar-refractivity contribution is 7.21. The summed E-state index contributed by atoms with van der Waals surface area (Å²) in [6.07, 6.45) is 3.47. The van der Waals surface area contributed by atoms with Crippen molar-refractivity contribution < 1.29 is 4.79 Å². The van der Waals surface area contributed by atoms with Crippen molar-refractivity contribution in [1.82, 2.24) is 29.4 Å². The van der Waals surface area contributed by atoms with Crippen molar-refractivity contribution in [1.29, 1.82) is 0 Å². The standard InChI is InChI=1S/C27H24N6O3S/c1-17-20-22(34)32(27(2)13-14-28-25(27)35)26(36)31(24(20)37-23(17)33-29-15-16-30-33)21(18-9-5-3-6-10-18)19-11-7-4-8-12-19/h3-12,15-16,21H,13-14H2,1-2H3,(H,28,35)/t27-/m1/s1. The number of hydrogen-bond acceptors (Lipinski definition) is 6. The van der Waals surface area contributed by atoms with Crippen LogP contribution < -0.4 is 16.6 Å². The van der Waals surface area contributed by atoms with Gasteiger partial charge in [0.1, 0.15) is 15.4 Å². The molecule has 1 N–H and O–H groups in total. The van der Waals surface area contributed by atoms with Gasteiger partial charge in [-0.05, 0) is 31.4 Å². The average molecular weight is 513 g/mol. The second-order valence-corrected chi connectivity index (χ2v) is 10.3. The number of benzene rings is 2. The van der Waals surface area contributed by atoms with Crippen molar-refractivity contribution in [3.8, 4) is 5.00 Å². The highest BCUT2D eigenvalue weighted by Gasteiger charge is 2.43. The number of nitrogens with one attached hydrogen (secondary N) is 1. The Bertz CT molecular complexity index is 1700. The molecule has 6 rings (SSSR count). The molecule has 1 atom stereocenters. The van der Waals surface area contributed by atoms with Crippen LogP contribution in [0.25, 0.3) is 15.2 Å². The van der Waals surface area contributed by atoms with Crippen LogP contribution in [0.1, 0.15) is 36.1 Å². The third-order valence-corrected chi connectivity index (χ3v) is 8.36. The van der Waals surface area contributed by atoms with Crippen LogP contribution in [0.15, 0.2) is 82.6 Å². The van der Waals surface area contributed by atoms with Gasteiger partial charge in [-0.15, -0.1) is 4.80 Å². The summed E-state index contributed by atoms with van der Waals surface area (Å²) in [7, 11) is 0. The minimum atomic E-state index is -1.31. The van der Waals surface area contributed by atoms with E-state index in [2.05, 4.69) is 15.5 Å². The molecule has 1 amide bonds. The van der Waals surface area contributed by atoms with E-state index in [4.69, 9.17) is 0 Å². The van der Waals surface area contributed by atoms with Crippen LogP contribution in [0.3, 0.4) is 0 Å². The number of nitrogens with zero attached hydrogens (tertiary/aromatic N) is 5. The lowest BCUT2D eigenvalue weighted by Gasteiger charge is -2.27. The summed E-state index contributed by atoms with van der Waals surface area (Å²) in [4.78, 5) is 43.5. The first-order valence-corrected chi connectivity index (χ1v) is 12.8. The van der Waals surface area contributed by atoms with Gasteiger partial charge in [0.25, 0.3) is 5.56 Å². The summed E-state index contributed by atoms with van der Waals surface area (Å²) in [5.41, 5.74) is 0.103. The van der Waals surface area contributed by atoms with Crippen LogP contribution >= 0.6 is 11.3 Å². The zero-order valence-electron chi connectivity index (χ0n) is 20.3. The smallest absolute Gasteiger partial charge is 0.333 e. The first kappa shape index (κ1) is 23.1. The number of amides is 1. The summed E-state index contributed by atoms with van der Waals surface area (Å²) < 4.78 is 2.81. The Hall–Kier alpha value is -4.31. The molecule has 0 spiro atoms. The van der Waals surface area contributed by atoms with Crippen LogP contribution in [0.2, 0.25) is 0 Å². The lowest BCUT2D eigenvalue weighted by Crippen LogP contribution is -2.54. The summed E-state index contributed by atoms with van der Waals surface area (Å²) in [6, 6.07) is 18.9. The molecule has 0 saturated carbocycles. The van der Waals surface area contributed by atoms with Gasteiger partial charge >= 0.3 is 5.69 Å². The molecular weight excluding hydrogens is 488 g/mol. The lowest BCUT2D eigenvalue weighted by molar-refractivity contribution is -0.126. The Balaban J connectivity index is 1.79. The van der Waals surface area contributed by atoms with Gasteiger partial charge in [0.15, 0.2) is 0 Å². The van der Waals surface area contributed by atoms with Crippen LogP contribution in [-0.2, 0) is 10.3 Å². The van der Waals surface area contributed by atoms with Gasteiger partial charge < -0.3 is 5.32 Å². The van der Waals surface area contributed by atoms with Gasteiger partial charge in [-0.25, -0.2) is 9.36 Å². The quantitative estimate of drug-likeness (QED) is 0.390. The van der Waals surface area contributed by atoms with Gasteiger partial charge in [-0.2, -0.15) is 10.2 Å². The molecular formula is C27H24N6O3S. The van der Waals surface area contributed by atoms with Crippen molar-refractivity contribution >= 4 is 27.5 Å². The van der Waals surface area contributed by atoms with Crippen molar-refractivity contribution in [2.24, 2.45) is 0 Å². The molecule has 1 aliphatic rings. The van der Waals surface area contributed by atoms with E-state index in [0.29, 0.717) is 33.7 Å². The van der Waals surface area contributed by atoms with Gasteiger partial charge in [-0.3, -0.25) is 14.2 Å². The molecule has 9 nitrogen and oxygen atoms in total. The van der Waals surface area contributed by atoms with E-state index in [1.807, 2.05) is 67.6 Å². The molecule has 1 aliphatic heterocycles. The van der Waals surface area contributed by atoms with E-state index in [1.165, 1.54) is 16.1 Å². The van der Waals surface area contributed by atoms with Crippen LogP contribution in [0, 0.1) is 6.92 Å². The molecule has 10 heteroatoms. The molecule has 0 unspecified atom stereocenters. The van der Waals surface area contributed by atoms with Crippen molar-refractivity contribution in [3.63, 3.8) is 0 Å². The Morgan fingerprint density at radius 1 is 0.946 bits per heavy atom. The van der Waals surface area contributed by atoms with Crippen LogP contribution in [0.4, 0.5) is 0 Å². The second-order valence-electron chi connectivity index (χ2n) is 9.33. The Kier molecular flexibility index (Phi) is 5.41. The molecule has 37 heavy (non-hydrogen) atoms. The molecule has 0 aliphatic carbocycles. The molecule has 0 radical (unpaired) electrons. The highest BCUT2D eigenvalue weighted by atomic mass is 32.1.